The lowest BCUT2D eigenvalue weighted by Crippen LogP contribution is -2.19. The Kier molecular flexibility index (Phi) is 11.0. The smallest absolute Gasteiger partial charge is 0.304 e. The third-order valence-corrected chi connectivity index (χ3v) is 4.32. The molecule has 1 rings (SSSR count). The number of rotatable bonds is 9. The number of carboxylic acid groups (broad SMARTS) is 1. The number of aromatic hydroxyl groups is 1. The molecule has 0 unspecified atom stereocenters. The Hall–Kier alpha value is -1.80. The van der Waals surface area contributed by atoms with Gasteiger partial charge in [-0.3, -0.25) is 4.79 Å². The fourth-order valence-electron chi connectivity index (χ4n) is 2.10. The monoisotopic (exact) mass is 400 g/mol. The summed E-state index contributed by atoms with van der Waals surface area (Å²) >= 11 is 0.751. The van der Waals surface area contributed by atoms with Crippen LogP contribution in [0.5, 0.6) is 11.5 Å². The number of aryl methyl sites for hydroxylation is 1. The Bertz CT molecular complexity index is 618. The summed E-state index contributed by atoms with van der Waals surface area (Å²) in [6, 6.07) is 3.73. The average Bonchev–Trinajstić information content (AvgIpc) is 2.49. The number of carbonyl (C=O) groups is 1. The number of aliphatic carboxylic acids is 1. The first-order chi connectivity index (χ1) is 12.4. The fourth-order valence-corrected chi connectivity index (χ4v) is 2.49. The number of phenols is 1. The van der Waals surface area contributed by atoms with Crippen LogP contribution < -0.4 is 4.74 Å². The maximum Gasteiger partial charge on any atom is 0.304 e. The van der Waals surface area contributed by atoms with Gasteiger partial charge in [-0.25, -0.2) is 0 Å². The molecule has 0 fully saturated rings. The van der Waals surface area contributed by atoms with Crippen LogP contribution in [-0.2, 0) is 4.79 Å². The van der Waals surface area contributed by atoms with Gasteiger partial charge in [-0.2, -0.15) is 0 Å². The van der Waals surface area contributed by atoms with Gasteiger partial charge >= 0.3 is 5.97 Å². The Labute approximate surface area is 166 Å². The molecule has 0 saturated heterocycles. The minimum atomic E-state index is -0.916. The number of phenolic OH excluding ortho intramolecular Hbond substituents is 1. The zero-order valence-electron chi connectivity index (χ0n) is 17.3. The predicted octanol–water partition coefficient (Wildman–Crippen LogP) is 4.42. The van der Waals surface area contributed by atoms with Crippen molar-refractivity contribution in [2.75, 3.05) is 27.2 Å². The van der Waals surface area contributed by atoms with E-state index in [1.165, 1.54) is 0 Å². The highest BCUT2D eigenvalue weighted by molar-refractivity contribution is 7.99. The number of benzene rings is 1. The van der Waals surface area contributed by atoms with Crippen molar-refractivity contribution in [3.63, 3.8) is 0 Å². The lowest BCUT2D eigenvalue weighted by Gasteiger charge is -2.17. The number of nitrogens with zero attached hydrogens (tertiary/aromatic N) is 2. The third-order valence-electron chi connectivity index (χ3n) is 3.61. The van der Waals surface area contributed by atoms with Crippen molar-refractivity contribution in [2.45, 2.75) is 51.7 Å². The SMILES string of the molecule is CC(C)(CC(=O)O)SN=O.Cc1cc(OCCN(C)C)c(C(C)C)cc1O. The molecule has 0 radical (unpaired) electrons. The molecule has 2 N–H and O–H groups in total. The van der Waals surface area contributed by atoms with E-state index in [1.54, 1.807) is 13.8 Å². The molecule has 1 aromatic rings. The van der Waals surface area contributed by atoms with Gasteiger partial charge in [-0.15, -0.1) is 4.91 Å². The first-order valence-electron chi connectivity index (χ1n) is 8.73. The highest BCUT2D eigenvalue weighted by atomic mass is 32.2. The molecule has 0 aliphatic carbocycles. The Morgan fingerprint density at radius 3 is 2.37 bits per heavy atom. The molecule has 1 aromatic carbocycles. The summed E-state index contributed by atoms with van der Waals surface area (Å²) in [4.78, 5) is 21.9. The number of nitroso groups, excluding NO2 is 1. The van der Waals surface area contributed by atoms with Crippen LogP contribution in [0.2, 0.25) is 0 Å². The van der Waals surface area contributed by atoms with E-state index in [4.69, 9.17) is 9.84 Å². The summed E-state index contributed by atoms with van der Waals surface area (Å²) < 4.78 is 7.77. The second kappa shape index (κ2) is 11.8. The largest absolute Gasteiger partial charge is 0.508 e. The Balaban J connectivity index is 0.000000580. The quantitative estimate of drug-likeness (QED) is 0.467. The van der Waals surface area contributed by atoms with Crippen molar-refractivity contribution in [3.8, 4) is 11.5 Å². The van der Waals surface area contributed by atoms with E-state index < -0.39 is 10.7 Å². The summed E-state index contributed by atoms with van der Waals surface area (Å²) in [6.07, 6.45) is -0.0522. The molecule has 0 bridgehead atoms. The topological polar surface area (TPSA) is 99.4 Å². The van der Waals surface area contributed by atoms with E-state index in [1.807, 2.05) is 33.2 Å². The van der Waals surface area contributed by atoms with Crippen LogP contribution in [0.1, 0.15) is 51.2 Å². The summed E-state index contributed by atoms with van der Waals surface area (Å²) in [5.74, 6) is 0.655. The van der Waals surface area contributed by atoms with Crippen LogP contribution in [0, 0.1) is 11.8 Å². The predicted molar refractivity (Wildman–Crippen MR) is 111 cm³/mol. The summed E-state index contributed by atoms with van der Waals surface area (Å²) in [5.41, 5.74) is 1.92. The molecule has 0 aliphatic heterocycles. The first kappa shape index (κ1) is 25.2. The normalized spacial score (nSPS) is 11.1. The summed E-state index contributed by atoms with van der Waals surface area (Å²) in [6.45, 7) is 11.0. The molecule has 7 nitrogen and oxygen atoms in total. The van der Waals surface area contributed by atoms with Crippen molar-refractivity contribution in [1.82, 2.24) is 4.90 Å². The highest BCUT2D eigenvalue weighted by Gasteiger charge is 2.23. The van der Waals surface area contributed by atoms with E-state index >= 15 is 0 Å². The highest BCUT2D eigenvalue weighted by Crippen LogP contribution is 2.32. The van der Waals surface area contributed by atoms with Crippen molar-refractivity contribution < 1.29 is 19.7 Å². The van der Waals surface area contributed by atoms with Crippen molar-refractivity contribution in [1.29, 1.82) is 0 Å². The standard InChI is InChI=1S/C14H23NO2.C5H9NO3S/c1-10(2)12-9-13(16)11(3)8-14(12)17-7-6-15(4)5;1-5(2,10-6-9)3-4(7)8/h8-10,16H,6-7H2,1-5H3;3H2,1-2H3,(H,7,8). The molecule has 0 amide bonds. The maximum atomic E-state index is 10.1. The van der Waals surface area contributed by atoms with Gasteiger partial charge in [0.2, 0.25) is 0 Å². The lowest BCUT2D eigenvalue weighted by atomic mass is 10.00. The van der Waals surface area contributed by atoms with Crippen molar-refractivity contribution in [3.05, 3.63) is 28.2 Å². The van der Waals surface area contributed by atoms with Gasteiger partial charge in [0.05, 0.1) is 6.42 Å². The molecule has 0 atom stereocenters. The first-order valence-corrected chi connectivity index (χ1v) is 9.50. The minimum absolute atomic E-state index is 0.0522. The van der Waals surface area contributed by atoms with Gasteiger partial charge in [-0.1, -0.05) is 13.8 Å². The van der Waals surface area contributed by atoms with E-state index in [9.17, 15) is 14.8 Å². The van der Waals surface area contributed by atoms with E-state index in [2.05, 4.69) is 23.3 Å². The number of ether oxygens (including phenoxy) is 1. The van der Waals surface area contributed by atoms with E-state index in [0.717, 1.165) is 35.4 Å². The molecule has 8 heteroatoms. The molecule has 0 aromatic heterocycles. The average molecular weight is 401 g/mol. The molecule has 0 heterocycles. The fraction of sp³-hybridized carbons (Fsp3) is 0.632. The van der Waals surface area contributed by atoms with Gasteiger partial charge in [0.15, 0.2) is 0 Å². The van der Waals surface area contributed by atoms with Crippen LogP contribution in [0.25, 0.3) is 0 Å². The number of hydrogen-bond donors (Lipinski definition) is 2. The third kappa shape index (κ3) is 10.8. The number of likely N-dealkylation sites (N-methyl/N-ethyl adjacent to an activating group) is 1. The second-order valence-corrected chi connectivity index (χ2v) is 8.92. The van der Waals surface area contributed by atoms with Gasteiger partial charge in [-0.05, 0) is 58.5 Å². The minimum Gasteiger partial charge on any atom is -0.508 e. The molecule has 154 valence electrons. The summed E-state index contributed by atoms with van der Waals surface area (Å²) in [5, 5.41) is 18.0. The Morgan fingerprint density at radius 2 is 1.93 bits per heavy atom. The van der Waals surface area contributed by atoms with Crippen LogP contribution in [0.15, 0.2) is 16.7 Å². The Morgan fingerprint density at radius 1 is 1.33 bits per heavy atom. The van der Waals surface area contributed by atoms with Crippen LogP contribution in [0.4, 0.5) is 0 Å². The molecule has 0 saturated carbocycles. The van der Waals surface area contributed by atoms with Gasteiger partial charge in [0, 0.05) is 33.4 Å². The molecular formula is C19H32N2O5S. The van der Waals surface area contributed by atoms with Crippen LogP contribution in [-0.4, -0.2) is 53.1 Å². The summed E-state index contributed by atoms with van der Waals surface area (Å²) in [7, 11) is 4.05. The zero-order valence-corrected chi connectivity index (χ0v) is 18.1. The van der Waals surface area contributed by atoms with Crippen LogP contribution in [0.3, 0.4) is 0 Å². The van der Waals surface area contributed by atoms with E-state index in [0.29, 0.717) is 18.3 Å². The molecular weight excluding hydrogens is 368 g/mol. The van der Waals surface area contributed by atoms with Crippen LogP contribution >= 0.6 is 11.9 Å². The van der Waals surface area contributed by atoms with E-state index in [-0.39, 0.29) is 6.42 Å². The van der Waals surface area contributed by atoms with Gasteiger partial charge < -0.3 is 19.8 Å². The zero-order chi connectivity index (χ0) is 21.2. The molecule has 0 spiro atoms. The molecule has 0 aliphatic rings. The van der Waals surface area contributed by atoms with Gasteiger partial charge in [0.25, 0.3) is 0 Å². The van der Waals surface area contributed by atoms with Crippen molar-refractivity contribution >= 4 is 17.9 Å². The maximum absolute atomic E-state index is 10.1. The number of carboxylic acids is 1. The van der Waals surface area contributed by atoms with Crippen molar-refractivity contribution in [2.24, 2.45) is 4.58 Å². The molecule has 27 heavy (non-hydrogen) atoms. The van der Waals surface area contributed by atoms with Gasteiger partial charge in [0.1, 0.15) is 18.1 Å². The number of hydrogen-bond acceptors (Lipinski definition) is 7. The second-order valence-electron chi connectivity index (χ2n) is 7.48. The lowest BCUT2D eigenvalue weighted by molar-refractivity contribution is -0.137.